The van der Waals surface area contributed by atoms with Gasteiger partial charge in [0, 0.05) is 6.20 Å². The van der Waals surface area contributed by atoms with Crippen LogP contribution in [0.2, 0.25) is 0 Å². The third kappa shape index (κ3) is 2.35. The Kier molecular flexibility index (Phi) is 3.63. The van der Waals surface area contributed by atoms with Gasteiger partial charge in [0.25, 0.3) is 0 Å². The van der Waals surface area contributed by atoms with Crippen molar-refractivity contribution < 1.29 is 8.63 Å². The first-order valence-electron chi connectivity index (χ1n) is 5.31. The Morgan fingerprint density at radius 3 is 2.89 bits per heavy atom. The average Bonchev–Trinajstić information content (AvgIpc) is 3.00. The van der Waals surface area contributed by atoms with E-state index >= 15 is 0 Å². The largest absolute Gasteiger partial charge is 0.677 e. The van der Waals surface area contributed by atoms with E-state index in [2.05, 4.69) is 15.9 Å². The standard InChI is InChI=1S/C12H10BF2N3/c1-2-7-17-12(10-5-3-8-16-10)11-6-4-9-18(11)13(14)15/h1,3-6,8-9,16H,7H2. The van der Waals surface area contributed by atoms with Crippen molar-refractivity contribution in [2.45, 2.75) is 0 Å². The van der Waals surface area contributed by atoms with E-state index in [1.165, 1.54) is 6.20 Å². The number of halogens is 2. The van der Waals surface area contributed by atoms with Crippen LogP contribution in [0.15, 0.2) is 41.7 Å². The summed E-state index contributed by atoms with van der Waals surface area (Å²) in [5, 5.41) is 0. The Morgan fingerprint density at radius 1 is 1.44 bits per heavy atom. The monoisotopic (exact) mass is 245 g/mol. The number of H-pyrrole nitrogens is 1. The van der Waals surface area contributed by atoms with E-state index in [9.17, 15) is 8.63 Å². The molecule has 0 bridgehead atoms. The van der Waals surface area contributed by atoms with Gasteiger partial charge in [-0.2, -0.15) is 0 Å². The second-order valence-electron chi connectivity index (χ2n) is 3.53. The minimum Gasteiger partial charge on any atom is -0.360 e. The summed E-state index contributed by atoms with van der Waals surface area (Å²) in [5.41, 5.74) is 1.43. The molecular weight excluding hydrogens is 235 g/mol. The fourth-order valence-electron chi connectivity index (χ4n) is 1.67. The van der Waals surface area contributed by atoms with Gasteiger partial charge in [-0.3, -0.25) is 13.6 Å². The molecule has 18 heavy (non-hydrogen) atoms. The smallest absolute Gasteiger partial charge is 0.360 e. The molecule has 0 atom stereocenters. The minimum absolute atomic E-state index is 0.142. The number of aromatic nitrogens is 2. The van der Waals surface area contributed by atoms with Crippen LogP contribution in [0.25, 0.3) is 0 Å². The van der Waals surface area contributed by atoms with Crippen molar-refractivity contribution in [3.8, 4) is 12.3 Å². The lowest BCUT2D eigenvalue weighted by Gasteiger charge is -2.07. The first-order chi connectivity index (χ1) is 8.74. The minimum atomic E-state index is -2.61. The quantitative estimate of drug-likeness (QED) is 0.486. The number of aromatic amines is 1. The first kappa shape index (κ1) is 12.2. The van der Waals surface area contributed by atoms with Crippen LogP contribution >= 0.6 is 0 Å². The first-order valence-corrected chi connectivity index (χ1v) is 5.31. The van der Waals surface area contributed by atoms with Gasteiger partial charge < -0.3 is 9.46 Å². The van der Waals surface area contributed by atoms with Crippen molar-refractivity contribution in [2.24, 2.45) is 4.99 Å². The molecule has 0 aliphatic heterocycles. The highest BCUT2D eigenvalue weighted by molar-refractivity contribution is 6.42. The number of nitrogens with zero attached hydrogens (tertiary/aromatic N) is 2. The van der Waals surface area contributed by atoms with E-state index < -0.39 is 7.40 Å². The molecule has 0 unspecified atom stereocenters. The average molecular weight is 245 g/mol. The summed E-state index contributed by atoms with van der Waals surface area (Å²) in [6.07, 6.45) is 8.18. The van der Waals surface area contributed by atoms with E-state index in [0.29, 0.717) is 17.1 Å². The predicted octanol–water partition coefficient (Wildman–Crippen LogP) is 2.06. The number of terminal acetylenes is 1. The van der Waals surface area contributed by atoms with Crippen molar-refractivity contribution >= 4 is 13.1 Å². The summed E-state index contributed by atoms with van der Waals surface area (Å²) in [6.45, 7) is 0.142. The van der Waals surface area contributed by atoms with Gasteiger partial charge in [-0.05, 0) is 30.5 Å². The summed E-state index contributed by atoms with van der Waals surface area (Å²) in [5.74, 6) is 2.37. The highest BCUT2D eigenvalue weighted by atomic mass is 19.2. The molecule has 0 aliphatic carbocycles. The van der Waals surface area contributed by atoms with Crippen LogP contribution in [0.3, 0.4) is 0 Å². The van der Waals surface area contributed by atoms with Crippen molar-refractivity contribution in [3.05, 3.63) is 48.0 Å². The third-order valence-electron chi connectivity index (χ3n) is 2.41. The number of hydrogen-bond donors (Lipinski definition) is 1. The predicted molar refractivity (Wildman–Crippen MR) is 67.9 cm³/mol. The van der Waals surface area contributed by atoms with E-state index in [4.69, 9.17) is 6.42 Å². The third-order valence-corrected chi connectivity index (χ3v) is 2.41. The molecular formula is C12H10BF2N3. The van der Waals surface area contributed by atoms with Gasteiger partial charge in [0.05, 0.1) is 11.4 Å². The Hall–Kier alpha value is -2.29. The van der Waals surface area contributed by atoms with E-state index in [1.54, 1.807) is 30.5 Å². The molecule has 0 saturated heterocycles. The van der Waals surface area contributed by atoms with Crippen LogP contribution < -0.4 is 0 Å². The van der Waals surface area contributed by atoms with Crippen LogP contribution in [0, 0.1) is 12.3 Å². The fourth-order valence-corrected chi connectivity index (χ4v) is 1.67. The fraction of sp³-hybridized carbons (Fsp3) is 0.0833. The molecule has 2 aromatic rings. The van der Waals surface area contributed by atoms with E-state index in [0.717, 1.165) is 4.48 Å². The van der Waals surface area contributed by atoms with Gasteiger partial charge in [-0.15, -0.1) is 6.42 Å². The lowest BCUT2D eigenvalue weighted by Crippen LogP contribution is -2.19. The lowest BCUT2D eigenvalue weighted by atomic mass is 10.1. The Labute approximate surface area is 104 Å². The molecule has 0 saturated carbocycles. The van der Waals surface area contributed by atoms with Crippen LogP contribution in [0.5, 0.6) is 0 Å². The number of nitrogens with one attached hydrogen (secondary N) is 1. The highest BCUT2D eigenvalue weighted by Crippen LogP contribution is 2.12. The maximum absolute atomic E-state index is 12.8. The summed E-state index contributed by atoms with van der Waals surface area (Å²) in [7, 11) is -2.61. The molecule has 90 valence electrons. The second-order valence-corrected chi connectivity index (χ2v) is 3.53. The zero-order valence-electron chi connectivity index (χ0n) is 9.48. The molecule has 1 N–H and O–H groups in total. The SMILES string of the molecule is C#CCN=C(c1ccc[nH]1)c1cccn1B(F)F. The maximum atomic E-state index is 12.8. The molecule has 0 aromatic carbocycles. The second kappa shape index (κ2) is 5.36. The van der Waals surface area contributed by atoms with Gasteiger partial charge in [0.2, 0.25) is 0 Å². The molecule has 0 fully saturated rings. The van der Waals surface area contributed by atoms with Gasteiger partial charge in [0.15, 0.2) is 0 Å². The summed E-state index contributed by atoms with van der Waals surface area (Å²) >= 11 is 0. The molecule has 6 heteroatoms. The van der Waals surface area contributed by atoms with E-state index in [-0.39, 0.29) is 6.54 Å². The van der Waals surface area contributed by atoms with Crippen molar-refractivity contribution in [2.75, 3.05) is 6.54 Å². The molecule has 2 heterocycles. The molecule has 0 spiro atoms. The van der Waals surface area contributed by atoms with Crippen LogP contribution in [-0.2, 0) is 0 Å². The summed E-state index contributed by atoms with van der Waals surface area (Å²) in [4.78, 5) is 7.11. The van der Waals surface area contributed by atoms with Crippen molar-refractivity contribution in [3.63, 3.8) is 0 Å². The molecule has 0 radical (unpaired) electrons. The van der Waals surface area contributed by atoms with Gasteiger partial charge in [-0.1, -0.05) is 5.92 Å². The lowest BCUT2D eigenvalue weighted by molar-refractivity contribution is 0.629. The van der Waals surface area contributed by atoms with Gasteiger partial charge >= 0.3 is 7.40 Å². The van der Waals surface area contributed by atoms with E-state index in [1.807, 2.05) is 0 Å². The van der Waals surface area contributed by atoms with Gasteiger partial charge in [-0.25, -0.2) is 0 Å². The zero-order chi connectivity index (χ0) is 13.0. The topological polar surface area (TPSA) is 33.1 Å². The maximum Gasteiger partial charge on any atom is 0.677 e. The van der Waals surface area contributed by atoms with Crippen LogP contribution in [0.1, 0.15) is 11.4 Å². The zero-order valence-corrected chi connectivity index (χ0v) is 9.48. The molecule has 2 aromatic heterocycles. The number of hydrogen-bond acceptors (Lipinski definition) is 1. The normalized spacial score (nSPS) is 11.3. The Morgan fingerprint density at radius 2 is 2.28 bits per heavy atom. The molecule has 3 nitrogen and oxygen atoms in total. The Balaban J connectivity index is 2.48. The highest BCUT2D eigenvalue weighted by Gasteiger charge is 2.22. The van der Waals surface area contributed by atoms with Crippen LogP contribution in [-0.4, -0.2) is 29.1 Å². The Bertz CT molecular complexity index is 579. The molecule has 2 rings (SSSR count). The van der Waals surface area contributed by atoms with Crippen molar-refractivity contribution in [1.82, 2.24) is 9.46 Å². The number of aliphatic imine (C=N–C) groups is 1. The molecule has 0 aliphatic rings. The summed E-state index contributed by atoms with van der Waals surface area (Å²) < 4.78 is 26.5. The molecule has 0 amide bonds. The van der Waals surface area contributed by atoms with Crippen LogP contribution in [0.4, 0.5) is 8.63 Å². The summed E-state index contributed by atoms with van der Waals surface area (Å²) in [6, 6.07) is 6.67. The number of rotatable bonds is 4. The van der Waals surface area contributed by atoms with Gasteiger partial charge in [0.1, 0.15) is 12.3 Å². The van der Waals surface area contributed by atoms with Crippen molar-refractivity contribution in [1.29, 1.82) is 0 Å².